The van der Waals surface area contributed by atoms with E-state index < -0.39 is 5.97 Å². The molecular weight excluding hydrogens is 502 g/mol. The quantitative estimate of drug-likeness (QED) is 0.214. The molecule has 2 heterocycles. The number of carbonyl (C=O) groups excluding carboxylic acids is 1. The summed E-state index contributed by atoms with van der Waals surface area (Å²) >= 11 is 2.17. The minimum Gasteiger partial charge on any atom is -0.461 e. The lowest BCUT2D eigenvalue weighted by atomic mass is 9.97. The van der Waals surface area contributed by atoms with Crippen LogP contribution in [0.1, 0.15) is 47.1 Å². The van der Waals surface area contributed by atoms with Crippen LogP contribution >= 0.6 is 23.3 Å². The SMILES string of the molecule is CCOC(=O)c1csc(-n2nc(-c3ccc(F)cc3)c(Cc3ccc(SN)c(F)c3)c2CC2CC2)n1. The summed E-state index contributed by atoms with van der Waals surface area (Å²) in [6, 6.07) is 11.2. The summed E-state index contributed by atoms with van der Waals surface area (Å²) in [7, 11) is 0. The lowest BCUT2D eigenvalue weighted by molar-refractivity contribution is 0.0520. The molecule has 1 aliphatic carbocycles. The molecule has 4 aromatic rings. The Morgan fingerprint density at radius 1 is 1.22 bits per heavy atom. The minimum atomic E-state index is -0.483. The molecule has 0 atom stereocenters. The maximum Gasteiger partial charge on any atom is 0.357 e. The van der Waals surface area contributed by atoms with Gasteiger partial charge in [0.1, 0.15) is 11.6 Å². The number of halogens is 2. The normalized spacial score (nSPS) is 13.2. The highest BCUT2D eigenvalue weighted by molar-refractivity contribution is 7.97. The maximum absolute atomic E-state index is 14.5. The second-order valence-corrected chi connectivity index (χ2v) is 10.1. The number of carbonyl (C=O) groups is 1. The number of hydrogen-bond donors (Lipinski definition) is 1. The summed E-state index contributed by atoms with van der Waals surface area (Å²) in [6.07, 6.45) is 3.45. The van der Waals surface area contributed by atoms with Crippen LogP contribution in [0, 0.1) is 17.6 Å². The van der Waals surface area contributed by atoms with Gasteiger partial charge in [-0.3, -0.25) is 5.14 Å². The van der Waals surface area contributed by atoms with E-state index in [1.54, 1.807) is 35.2 Å². The first kappa shape index (κ1) is 24.6. The van der Waals surface area contributed by atoms with Gasteiger partial charge in [0.15, 0.2) is 5.69 Å². The Kier molecular flexibility index (Phi) is 7.17. The molecule has 0 bridgehead atoms. The van der Waals surface area contributed by atoms with Crippen LogP contribution in [0.15, 0.2) is 52.7 Å². The number of nitrogens with two attached hydrogens (primary N) is 1. The molecule has 186 valence electrons. The number of hydrogen-bond acceptors (Lipinski definition) is 7. The predicted octanol–water partition coefficient (Wildman–Crippen LogP) is 5.96. The van der Waals surface area contributed by atoms with Crippen molar-refractivity contribution in [1.82, 2.24) is 14.8 Å². The molecule has 2 N–H and O–H groups in total. The van der Waals surface area contributed by atoms with Gasteiger partial charge in [0.05, 0.1) is 22.9 Å². The summed E-state index contributed by atoms with van der Waals surface area (Å²) in [5.74, 6) is -0.673. The first-order valence-corrected chi connectivity index (χ1v) is 13.4. The monoisotopic (exact) mass is 526 g/mol. The largest absolute Gasteiger partial charge is 0.461 e. The molecule has 10 heteroatoms. The fraction of sp³-hybridized carbons (Fsp3) is 0.269. The molecule has 1 saturated carbocycles. The predicted molar refractivity (Wildman–Crippen MR) is 136 cm³/mol. The molecule has 0 radical (unpaired) electrons. The number of nitrogens with zero attached hydrogens (tertiary/aromatic N) is 3. The van der Waals surface area contributed by atoms with E-state index in [2.05, 4.69) is 4.98 Å². The zero-order valence-electron chi connectivity index (χ0n) is 19.5. The molecule has 2 aromatic heterocycles. The summed E-state index contributed by atoms with van der Waals surface area (Å²) in [5, 5.41) is 12.7. The van der Waals surface area contributed by atoms with E-state index in [9.17, 15) is 13.6 Å². The van der Waals surface area contributed by atoms with Crippen molar-refractivity contribution < 1.29 is 18.3 Å². The third kappa shape index (κ3) is 5.21. The first-order chi connectivity index (χ1) is 17.5. The van der Waals surface area contributed by atoms with Gasteiger partial charge in [0.25, 0.3) is 0 Å². The van der Waals surface area contributed by atoms with Crippen molar-refractivity contribution in [2.45, 2.75) is 37.5 Å². The van der Waals surface area contributed by atoms with Gasteiger partial charge in [-0.05, 0) is 86.0 Å². The zero-order chi connectivity index (χ0) is 25.2. The van der Waals surface area contributed by atoms with Crippen LogP contribution in [0.2, 0.25) is 0 Å². The summed E-state index contributed by atoms with van der Waals surface area (Å²) < 4.78 is 35.1. The van der Waals surface area contributed by atoms with Gasteiger partial charge in [-0.25, -0.2) is 23.2 Å². The number of benzene rings is 2. The van der Waals surface area contributed by atoms with Crippen LogP contribution in [-0.2, 0) is 17.6 Å². The van der Waals surface area contributed by atoms with Gasteiger partial charge >= 0.3 is 5.97 Å². The van der Waals surface area contributed by atoms with Crippen molar-refractivity contribution >= 4 is 29.3 Å². The van der Waals surface area contributed by atoms with E-state index in [0.717, 1.165) is 53.6 Å². The molecule has 1 aliphatic rings. The molecule has 0 aliphatic heterocycles. The van der Waals surface area contributed by atoms with E-state index in [4.69, 9.17) is 15.0 Å². The van der Waals surface area contributed by atoms with Crippen molar-refractivity contribution in [3.8, 4) is 16.4 Å². The molecular formula is C26H24F2N4O2S2. The number of rotatable bonds is 9. The molecule has 0 spiro atoms. The van der Waals surface area contributed by atoms with E-state index in [1.807, 2.05) is 6.07 Å². The molecule has 0 unspecified atom stereocenters. The Labute approximate surface area is 215 Å². The van der Waals surface area contributed by atoms with Crippen molar-refractivity contribution in [2.75, 3.05) is 6.61 Å². The van der Waals surface area contributed by atoms with Crippen LogP contribution in [0.4, 0.5) is 8.78 Å². The lowest BCUT2D eigenvalue weighted by Crippen LogP contribution is -2.08. The third-order valence-electron chi connectivity index (χ3n) is 6.05. The van der Waals surface area contributed by atoms with Gasteiger partial charge in [-0.2, -0.15) is 5.10 Å². The fourth-order valence-corrected chi connectivity index (χ4v) is 5.17. The Hall–Kier alpha value is -3.08. The second-order valence-electron chi connectivity index (χ2n) is 8.64. The lowest BCUT2D eigenvalue weighted by Gasteiger charge is -2.09. The zero-order valence-corrected chi connectivity index (χ0v) is 21.2. The molecule has 0 saturated heterocycles. The average Bonchev–Trinajstić information content (AvgIpc) is 3.43. The Balaban J connectivity index is 1.64. The number of thiazole rings is 1. The van der Waals surface area contributed by atoms with Gasteiger partial charge in [0.2, 0.25) is 5.13 Å². The Morgan fingerprint density at radius 3 is 2.67 bits per heavy atom. The van der Waals surface area contributed by atoms with Gasteiger partial charge in [-0.1, -0.05) is 6.07 Å². The highest BCUT2D eigenvalue weighted by Crippen LogP contribution is 2.38. The minimum absolute atomic E-state index is 0.228. The second kappa shape index (κ2) is 10.5. The number of esters is 1. The van der Waals surface area contributed by atoms with E-state index >= 15 is 0 Å². The van der Waals surface area contributed by atoms with Crippen LogP contribution < -0.4 is 5.14 Å². The van der Waals surface area contributed by atoms with Crippen molar-refractivity contribution in [1.29, 1.82) is 0 Å². The number of aromatic nitrogens is 3. The molecule has 5 rings (SSSR count). The summed E-state index contributed by atoms with van der Waals surface area (Å²) in [5.41, 5.74) is 4.31. The highest BCUT2D eigenvalue weighted by atomic mass is 32.2. The molecule has 1 fully saturated rings. The standard InChI is InChI=1S/C26H24F2N4O2S2/c1-2-34-25(33)21-14-35-26(30-21)32-22(13-15-3-4-15)19(11-16-5-10-23(36-29)20(28)12-16)24(31-32)17-6-8-18(27)9-7-17/h5-10,12,14-15H,2-4,11,13,29H2,1H3. The van der Waals surface area contributed by atoms with E-state index in [-0.39, 0.29) is 23.9 Å². The van der Waals surface area contributed by atoms with Crippen molar-refractivity contribution in [2.24, 2.45) is 11.1 Å². The van der Waals surface area contributed by atoms with Gasteiger partial charge < -0.3 is 4.74 Å². The molecule has 6 nitrogen and oxygen atoms in total. The van der Waals surface area contributed by atoms with Crippen LogP contribution in [0.25, 0.3) is 16.4 Å². The van der Waals surface area contributed by atoms with Gasteiger partial charge in [-0.15, -0.1) is 11.3 Å². The fourth-order valence-electron chi connectivity index (χ4n) is 4.09. The Bertz CT molecular complexity index is 1400. The first-order valence-electron chi connectivity index (χ1n) is 11.6. The van der Waals surface area contributed by atoms with Crippen LogP contribution in [-0.4, -0.2) is 27.3 Å². The topological polar surface area (TPSA) is 83.0 Å². The van der Waals surface area contributed by atoms with Crippen LogP contribution in [0.5, 0.6) is 0 Å². The Morgan fingerprint density at radius 2 is 2.00 bits per heavy atom. The van der Waals surface area contributed by atoms with Gasteiger partial charge in [0, 0.05) is 22.9 Å². The molecule has 0 amide bonds. The van der Waals surface area contributed by atoms with Crippen molar-refractivity contribution in [3.05, 3.63) is 82.0 Å². The third-order valence-corrected chi connectivity index (χ3v) is 7.45. The van der Waals surface area contributed by atoms with E-state index in [1.165, 1.54) is 29.5 Å². The van der Waals surface area contributed by atoms with E-state index in [0.29, 0.717) is 28.1 Å². The smallest absolute Gasteiger partial charge is 0.357 e. The molecule has 36 heavy (non-hydrogen) atoms. The van der Waals surface area contributed by atoms with Crippen molar-refractivity contribution in [3.63, 3.8) is 0 Å². The maximum atomic E-state index is 14.5. The van der Waals surface area contributed by atoms with Crippen LogP contribution in [0.3, 0.4) is 0 Å². The molecule has 2 aromatic carbocycles. The average molecular weight is 527 g/mol. The summed E-state index contributed by atoms with van der Waals surface area (Å²) in [4.78, 5) is 17.1. The summed E-state index contributed by atoms with van der Waals surface area (Å²) in [6.45, 7) is 2.01. The number of ether oxygens (including phenoxy) is 1. The highest BCUT2D eigenvalue weighted by Gasteiger charge is 2.29.